The van der Waals surface area contributed by atoms with Crippen LogP contribution < -0.4 is 5.48 Å². The van der Waals surface area contributed by atoms with Crippen LogP contribution in [0.25, 0.3) is 0 Å². The number of hydrogen-bond donors (Lipinski definition) is 2. The summed E-state index contributed by atoms with van der Waals surface area (Å²) >= 11 is 0. The van der Waals surface area contributed by atoms with Crippen LogP contribution in [0.2, 0.25) is 0 Å². The molecule has 0 spiro atoms. The number of nitrogens with one attached hydrogen (secondary N) is 1. The van der Waals surface area contributed by atoms with Crippen molar-refractivity contribution in [1.29, 1.82) is 0 Å². The second-order valence-electron chi connectivity index (χ2n) is 5.57. The first kappa shape index (κ1) is 16.3. The van der Waals surface area contributed by atoms with Gasteiger partial charge in [0.1, 0.15) is 0 Å². The first-order valence-corrected chi connectivity index (χ1v) is 7.48. The summed E-state index contributed by atoms with van der Waals surface area (Å²) in [5, 5.41) is 9.47. The van der Waals surface area contributed by atoms with Gasteiger partial charge in [0.15, 0.2) is 0 Å². The molecule has 2 rings (SSSR count). The van der Waals surface area contributed by atoms with E-state index in [9.17, 15) is 14.7 Å². The molecule has 0 unspecified atom stereocenters. The van der Waals surface area contributed by atoms with Crippen molar-refractivity contribution in [2.45, 2.75) is 38.3 Å². The number of hydrogen-bond acceptors (Lipinski definition) is 3. The molecule has 22 heavy (non-hydrogen) atoms. The second kappa shape index (κ2) is 7.79. The van der Waals surface area contributed by atoms with Gasteiger partial charge in [-0.05, 0) is 31.2 Å². The molecule has 1 fully saturated rings. The van der Waals surface area contributed by atoms with Gasteiger partial charge in [0.05, 0.1) is 7.11 Å². The maximum Gasteiger partial charge on any atom is 0.407 e. The van der Waals surface area contributed by atoms with Gasteiger partial charge in [-0.25, -0.2) is 10.3 Å². The highest BCUT2D eigenvalue weighted by molar-refractivity contribution is 5.77. The Bertz CT molecular complexity index is 498. The minimum Gasteiger partial charge on any atom is -0.465 e. The first-order valence-electron chi connectivity index (χ1n) is 7.48. The Balaban J connectivity index is 1.94. The van der Waals surface area contributed by atoms with Gasteiger partial charge in [0, 0.05) is 18.5 Å². The Hall–Kier alpha value is -2.08. The summed E-state index contributed by atoms with van der Waals surface area (Å²) in [5.74, 6) is -0.213. The number of carbonyl (C=O) groups is 2. The quantitative estimate of drug-likeness (QED) is 0.819. The normalized spacial score (nSPS) is 21.1. The van der Waals surface area contributed by atoms with E-state index < -0.39 is 6.09 Å². The first-order chi connectivity index (χ1) is 10.6. The fraction of sp³-hybridized carbons (Fsp3) is 0.500. The number of benzene rings is 1. The van der Waals surface area contributed by atoms with Crippen molar-refractivity contribution in [3.8, 4) is 0 Å². The Morgan fingerprint density at radius 2 is 1.86 bits per heavy atom. The van der Waals surface area contributed by atoms with Crippen LogP contribution in [0, 0.1) is 5.92 Å². The Morgan fingerprint density at radius 3 is 2.41 bits per heavy atom. The highest BCUT2D eigenvalue weighted by Gasteiger charge is 2.31. The minimum absolute atomic E-state index is 0.0377. The van der Waals surface area contributed by atoms with E-state index in [-0.39, 0.29) is 17.9 Å². The summed E-state index contributed by atoms with van der Waals surface area (Å²) in [6, 6.07) is 9.53. The summed E-state index contributed by atoms with van der Waals surface area (Å²) < 4.78 is 0. The second-order valence-corrected chi connectivity index (χ2v) is 5.57. The number of carboxylic acid groups (broad SMARTS) is 1. The number of rotatable bonds is 5. The van der Waals surface area contributed by atoms with Crippen LogP contribution in [-0.2, 0) is 16.2 Å². The van der Waals surface area contributed by atoms with Crippen LogP contribution >= 0.6 is 0 Å². The van der Waals surface area contributed by atoms with Crippen LogP contribution in [0.3, 0.4) is 0 Å². The minimum atomic E-state index is -0.909. The zero-order valence-electron chi connectivity index (χ0n) is 12.7. The topological polar surface area (TPSA) is 78.9 Å². The molecule has 2 N–H and O–H groups in total. The van der Waals surface area contributed by atoms with Gasteiger partial charge in [-0.3, -0.25) is 9.63 Å². The van der Waals surface area contributed by atoms with Gasteiger partial charge in [0.25, 0.3) is 0 Å². The van der Waals surface area contributed by atoms with Crippen molar-refractivity contribution in [2.75, 3.05) is 7.11 Å². The van der Waals surface area contributed by atoms with Crippen molar-refractivity contribution < 1.29 is 19.5 Å². The van der Waals surface area contributed by atoms with Crippen LogP contribution in [0.15, 0.2) is 30.3 Å². The average molecular weight is 306 g/mol. The summed E-state index contributed by atoms with van der Waals surface area (Å²) in [7, 11) is 1.41. The lowest BCUT2D eigenvalue weighted by Gasteiger charge is -2.34. The average Bonchev–Trinajstić information content (AvgIpc) is 2.54. The Kier molecular flexibility index (Phi) is 5.77. The monoisotopic (exact) mass is 306 g/mol. The van der Waals surface area contributed by atoms with E-state index in [0.29, 0.717) is 32.2 Å². The predicted octanol–water partition coefficient (Wildman–Crippen LogP) is 2.40. The molecule has 0 atom stereocenters. The van der Waals surface area contributed by atoms with E-state index in [1.54, 1.807) is 0 Å². The molecule has 6 nitrogen and oxygen atoms in total. The molecule has 6 heteroatoms. The smallest absolute Gasteiger partial charge is 0.407 e. The number of hydroxylamine groups is 1. The zero-order chi connectivity index (χ0) is 15.9. The third kappa shape index (κ3) is 4.21. The molecule has 0 bridgehead atoms. The van der Waals surface area contributed by atoms with E-state index in [1.807, 2.05) is 30.3 Å². The molecule has 0 heterocycles. The molecule has 1 aromatic carbocycles. The van der Waals surface area contributed by atoms with Crippen LogP contribution in [-0.4, -0.2) is 35.2 Å². The molecule has 0 aliphatic heterocycles. The van der Waals surface area contributed by atoms with Gasteiger partial charge >= 0.3 is 6.09 Å². The molecule has 0 aromatic heterocycles. The molecule has 120 valence electrons. The van der Waals surface area contributed by atoms with Gasteiger partial charge in [-0.2, -0.15) is 0 Å². The van der Waals surface area contributed by atoms with Crippen molar-refractivity contribution in [1.82, 2.24) is 10.4 Å². The van der Waals surface area contributed by atoms with Gasteiger partial charge in [0.2, 0.25) is 5.91 Å². The highest BCUT2D eigenvalue weighted by Crippen LogP contribution is 2.28. The maximum absolute atomic E-state index is 11.7. The van der Waals surface area contributed by atoms with Gasteiger partial charge < -0.3 is 10.0 Å². The van der Waals surface area contributed by atoms with Crippen LogP contribution in [0.5, 0.6) is 0 Å². The van der Waals surface area contributed by atoms with Crippen molar-refractivity contribution in [3.63, 3.8) is 0 Å². The predicted molar refractivity (Wildman–Crippen MR) is 80.9 cm³/mol. The van der Waals surface area contributed by atoms with Crippen molar-refractivity contribution >= 4 is 12.0 Å². The number of amides is 2. The van der Waals surface area contributed by atoms with Crippen molar-refractivity contribution in [3.05, 3.63) is 35.9 Å². The molecule has 2 amide bonds. The lowest BCUT2D eigenvalue weighted by atomic mass is 9.85. The van der Waals surface area contributed by atoms with E-state index in [1.165, 1.54) is 12.0 Å². The van der Waals surface area contributed by atoms with Gasteiger partial charge in [-0.15, -0.1) is 0 Å². The Labute approximate surface area is 130 Å². The van der Waals surface area contributed by atoms with E-state index in [2.05, 4.69) is 10.3 Å². The van der Waals surface area contributed by atoms with Gasteiger partial charge in [-0.1, -0.05) is 30.3 Å². The van der Waals surface area contributed by atoms with E-state index >= 15 is 0 Å². The molecular formula is C16H22N2O4. The Morgan fingerprint density at radius 1 is 1.23 bits per heavy atom. The SMILES string of the molecule is CONC(=O)C1CCC(N(Cc2ccccc2)C(=O)O)CC1. The zero-order valence-corrected chi connectivity index (χ0v) is 12.7. The molecule has 1 aliphatic rings. The molecule has 1 aliphatic carbocycles. The van der Waals surface area contributed by atoms with Crippen LogP contribution in [0.4, 0.5) is 4.79 Å². The van der Waals surface area contributed by atoms with Crippen LogP contribution in [0.1, 0.15) is 31.2 Å². The number of nitrogens with zero attached hydrogens (tertiary/aromatic N) is 1. The third-order valence-electron chi connectivity index (χ3n) is 4.15. The molecule has 0 saturated heterocycles. The molecule has 0 radical (unpaired) electrons. The maximum atomic E-state index is 11.7. The molecule has 1 saturated carbocycles. The van der Waals surface area contributed by atoms with Crippen molar-refractivity contribution in [2.24, 2.45) is 5.92 Å². The molecular weight excluding hydrogens is 284 g/mol. The fourth-order valence-corrected chi connectivity index (χ4v) is 2.97. The highest BCUT2D eigenvalue weighted by atomic mass is 16.6. The lowest BCUT2D eigenvalue weighted by Crippen LogP contribution is -2.43. The third-order valence-corrected chi connectivity index (χ3v) is 4.15. The summed E-state index contributed by atoms with van der Waals surface area (Å²) in [4.78, 5) is 29.4. The fourth-order valence-electron chi connectivity index (χ4n) is 2.97. The van der Waals surface area contributed by atoms with E-state index in [4.69, 9.17) is 0 Å². The summed E-state index contributed by atoms with van der Waals surface area (Å²) in [5.41, 5.74) is 3.33. The largest absolute Gasteiger partial charge is 0.465 e. The lowest BCUT2D eigenvalue weighted by molar-refractivity contribution is -0.136. The summed E-state index contributed by atoms with van der Waals surface area (Å²) in [6.45, 7) is 0.385. The summed E-state index contributed by atoms with van der Waals surface area (Å²) in [6.07, 6.45) is 1.84. The standard InChI is InChI=1S/C16H22N2O4/c1-22-17-15(19)13-7-9-14(10-8-13)18(16(20)21)11-12-5-3-2-4-6-12/h2-6,13-14H,7-11H2,1H3,(H,17,19)(H,20,21). The van der Waals surface area contributed by atoms with E-state index in [0.717, 1.165) is 5.56 Å². The molecule has 1 aromatic rings. The number of carbonyl (C=O) groups excluding carboxylic acids is 1.